The molecule has 1 aliphatic heterocycles. The number of hydrogen-bond acceptors (Lipinski definition) is 2. The number of aryl methyl sites for hydroxylation is 2. The highest BCUT2D eigenvalue weighted by atomic mass is 28.3. The fourth-order valence-electron chi connectivity index (χ4n) is 9.58. The van der Waals surface area contributed by atoms with Gasteiger partial charge in [-0.05, 0) is 118 Å². The van der Waals surface area contributed by atoms with Crippen molar-refractivity contribution in [1.82, 2.24) is 0 Å². The minimum atomic E-state index is -2.20. The molecule has 1 fully saturated rings. The average molecular weight is 697 g/mol. The van der Waals surface area contributed by atoms with Crippen LogP contribution < -0.4 is 0 Å². The first kappa shape index (κ1) is 33.0. The maximum Gasteiger partial charge on any atom is 0.130 e. The van der Waals surface area contributed by atoms with Crippen LogP contribution in [0.1, 0.15) is 113 Å². The van der Waals surface area contributed by atoms with Gasteiger partial charge in [0.05, 0.1) is 8.07 Å². The molecule has 2 unspecified atom stereocenters. The van der Waals surface area contributed by atoms with E-state index in [0.717, 1.165) is 23.0 Å². The average Bonchev–Trinajstić information content (AvgIpc) is 3.93. The van der Waals surface area contributed by atoms with E-state index in [-0.39, 0.29) is 0 Å². The Morgan fingerprint density at radius 2 is 0.942 bits per heavy atom. The van der Waals surface area contributed by atoms with Crippen LogP contribution >= 0.6 is 0 Å². The van der Waals surface area contributed by atoms with Crippen LogP contribution in [-0.2, 0) is 0 Å². The molecule has 0 saturated carbocycles. The van der Waals surface area contributed by atoms with Gasteiger partial charge in [0, 0.05) is 22.2 Å². The van der Waals surface area contributed by atoms with Gasteiger partial charge >= 0.3 is 0 Å². The molecule has 2 aromatic heterocycles. The van der Waals surface area contributed by atoms with Gasteiger partial charge < -0.3 is 8.83 Å². The van der Waals surface area contributed by atoms with Crippen LogP contribution in [0.15, 0.2) is 118 Å². The SMILES string of the molecule is Cc1ccc(C2=Cc3c(-c4ccc(C(C)C)cc4)cccc3C2[Si]2(C3C(c4ccc(C)o4)=Cc4c(-c5ccc(C(C)C)cc5)cccc43)CCC2)o1. The van der Waals surface area contributed by atoms with E-state index < -0.39 is 8.07 Å². The van der Waals surface area contributed by atoms with E-state index in [1.54, 1.807) is 0 Å². The fourth-order valence-corrected chi connectivity index (χ4v) is 15.7. The van der Waals surface area contributed by atoms with E-state index in [1.807, 2.05) is 0 Å². The number of fused-ring (bicyclic) bond motifs is 2. The van der Waals surface area contributed by atoms with E-state index in [2.05, 4.69) is 163 Å². The van der Waals surface area contributed by atoms with E-state index in [4.69, 9.17) is 8.83 Å². The van der Waals surface area contributed by atoms with E-state index in [9.17, 15) is 0 Å². The lowest BCUT2D eigenvalue weighted by molar-refractivity contribution is 0.518. The third-order valence-electron chi connectivity index (χ3n) is 12.4. The Hall–Kier alpha value is -4.86. The van der Waals surface area contributed by atoms with Gasteiger partial charge in [0.2, 0.25) is 0 Å². The molecule has 2 aliphatic carbocycles. The zero-order valence-corrected chi connectivity index (χ0v) is 32.3. The molecule has 3 aliphatic rings. The molecule has 3 heteroatoms. The third-order valence-corrected chi connectivity index (χ3v) is 18.5. The Balaban J connectivity index is 1.24. The molecule has 52 heavy (non-hydrogen) atoms. The standard InChI is InChI=1S/C49H48O2Si/c1-30(2)34-16-20-36(21-17-34)38-10-7-12-40-42(38)28-44(46-24-14-32(5)50-46)48(40)52(26-9-27-52)49-41-13-8-11-39(37-22-18-35(19-23-37)31(3)4)43(41)29-45(49)47-25-15-33(6)51-47/h7-8,10-25,28-31,48-49H,9,26-27H2,1-6H3. The van der Waals surface area contributed by atoms with Gasteiger partial charge in [0.1, 0.15) is 23.0 Å². The van der Waals surface area contributed by atoms with Gasteiger partial charge in [0.25, 0.3) is 0 Å². The van der Waals surface area contributed by atoms with Crippen LogP contribution in [0.4, 0.5) is 0 Å². The smallest absolute Gasteiger partial charge is 0.130 e. The Labute approximate surface area is 309 Å². The lowest BCUT2D eigenvalue weighted by Gasteiger charge is -2.51. The minimum absolute atomic E-state index is 0.307. The van der Waals surface area contributed by atoms with E-state index in [0.29, 0.717) is 22.9 Å². The summed E-state index contributed by atoms with van der Waals surface area (Å²) in [7, 11) is -2.20. The summed E-state index contributed by atoms with van der Waals surface area (Å²) in [5.74, 6) is 4.99. The number of benzene rings is 4. The number of hydrogen-bond donors (Lipinski definition) is 0. The predicted octanol–water partition coefficient (Wildman–Crippen LogP) is 14.0. The summed E-state index contributed by atoms with van der Waals surface area (Å²) in [6.45, 7) is 13.2. The van der Waals surface area contributed by atoms with E-state index >= 15 is 0 Å². The molecule has 6 aromatic rings. The fraction of sp³-hybridized carbons (Fsp3) is 0.265. The molecule has 2 atom stereocenters. The summed E-state index contributed by atoms with van der Waals surface area (Å²) in [5, 5.41) is 0. The second kappa shape index (κ2) is 12.7. The van der Waals surface area contributed by atoms with Crippen molar-refractivity contribution in [2.45, 2.75) is 83.0 Å². The van der Waals surface area contributed by atoms with Crippen LogP contribution in [0.2, 0.25) is 12.1 Å². The largest absolute Gasteiger partial charge is 0.462 e. The van der Waals surface area contributed by atoms with Crippen molar-refractivity contribution in [3.8, 4) is 22.3 Å². The summed E-state index contributed by atoms with van der Waals surface area (Å²) in [4.78, 5) is 0. The summed E-state index contributed by atoms with van der Waals surface area (Å²) in [6, 6.07) is 43.9. The monoisotopic (exact) mass is 696 g/mol. The van der Waals surface area contributed by atoms with Crippen molar-refractivity contribution in [3.63, 3.8) is 0 Å². The topological polar surface area (TPSA) is 26.3 Å². The third kappa shape index (κ3) is 5.27. The van der Waals surface area contributed by atoms with Crippen molar-refractivity contribution < 1.29 is 8.83 Å². The normalized spacial score (nSPS) is 18.7. The predicted molar refractivity (Wildman–Crippen MR) is 220 cm³/mol. The first-order valence-electron chi connectivity index (χ1n) is 19.2. The van der Waals surface area contributed by atoms with Gasteiger partial charge in [-0.3, -0.25) is 0 Å². The zero-order valence-electron chi connectivity index (χ0n) is 31.3. The van der Waals surface area contributed by atoms with Crippen LogP contribution in [0.5, 0.6) is 0 Å². The Kier molecular flexibility index (Phi) is 8.04. The first-order chi connectivity index (χ1) is 25.2. The second-order valence-corrected chi connectivity index (χ2v) is 20.8. The lowest BCUT2D eigenvalue weighted by atomic mass is 9.94. The highest BCUT2D eigenvalue weighted by Crippen LogP contribution is 2.64. The summed E-state index contributed by atoms with van der Waals surface area (Å²) in [6.07, 6.45) is 6.27. The number of rotatable bonds is 8. The lowest BCUT2D eigenvalue weighted by Crippen LogP contribution is -2.53. The Morgan fingerprint density at radius 1 is 0.519 bits per heavy atom. The quantitative estimate of drug-likeness (QED) is 0.148. The molecule has 2 nitrogen and oxygen atoms in total. The summed E-state index contributed by atoms with van der Waals surface area (Å²) in [5.41, 5.74) is 17.0. The molecule has 0 bridgehead atoms. The molecular formula is C49H48O2Si. The maximum atomic E-state index is 6.55. The van der Waals surface area contributed by atoms with E-state index in [1.165, 1.54) is 85.3 Å². The van der Waals surface area contributed by atoms with Crippen molar-refractivity contribution >= 4 is 31.4 Å². The minimum Gasteiger partial charge on any atom is -0.462 e. The van der Waals surface area contributed by atoms with Crippen molar-refractivity contribution in [3.05, 3.63) is 166 Å². The molecule has 4 aromatic carbocycles. The molecule has 0 N–H and O–H groups in total. The number of furan rings is 2. The van der Waals surface area contributed by atoms with Crippen LogP contribution in [0.3, 0.4) is 0 Å². The van der Waals surface area contributed by atoms with Crippen molar-refractivity contribution in [2.75, 3.05) is 0 Å². The maximum absolute atomic E-state index is 6.55. The van der Waals surface area contributed by atoms with Crippen LogP contribution in [-0.4, -0.2) is 8.07 Å². The summed E-state index contributed by atoms with van der Waals surface area (Å²) >= 11 is 0. The van der Waals surface area contributed by atoms with Crippen LogP contribution in [0, 0.1) is 13.8 Å². The second-order valence-electron chi connectivity index (χ2n) is 16.1. The molecule has 0 amide bonds. The van der Waals surface area contributed by atoms with Gasteiger partial charge in [-0.1, -0.05) is 131 Å². The Morgan fingerprint density at radius 3 is 1.27 bits per heavy atom. The van der Waals surface area contributed by atoms with Crippen molar-refractivity contribution in [1.29, 1.82) is 0 Å². The van der Waals surface area contributed by atoms with Crippen molar-refractivity contribution in [2.24, 2.45) is 0 Å². The van der Waals surface area contributed by atoms with Crippen LogP contribution in [0.25, 0.3) is 45.6 Å². The molecule has 1 saturated heterocycles. The first-order valence-corrected chi connectivity index (χ1v) is 21.8. The Bertz CT molecular complexity index is 2190. The molecule has 0 spiro atoms. The number of allylic oxidation sites excluding steroid dienone is 2. The zero-order chi connectivity index (χ0) is 35.7. The highest BCUT2D eigenvalue weighted by molar-refractivity contribution is 6.88. The molecular weight excluding hydrogens is 649 g/mol. The molecule has 0 radical (unpaired) electrons. The highest BCUT2D eigenvalue weighted by Gasteiger charge is 2.58. The molecule has 3 heterocycles. The van der Waals surface area contributed by atoms with Gasteiger partial charge in [-0.15, -0.1) is 0 Å². The van der Waals surface area contributed by atoms with Gasteiger partial charge in [-0.25, -0.2) is 0 Å². The van der Waals surface area contributed by atoms with Gasteiger partial charge in [-0.2, -0.15) is 0 Å². The van der Waals surface area contributed by atoms with Gasteiger partial charge in [0.15, 0.2) is 0 Å². The molecule has 9 rings (SSSR count). The molecule has 260 valence electrons. The summed E-state index contributed by atoms with van der Waals surface area (Å²) < 4.78 is 13.1.